The normalized spacial score (nSPS) is 19.5. The molecule has 1 unspecified atom stereocenters. The molecule has 1 heterocycles. The molecule has 0 radical (unpaired) electrons. The number of phenols is 1. The van der Waals surface area contributed by atoms with E-state index < -0.39 is 11.9 Å². The van der Waals surface area contributed by atoms with E-state index in [1.807, 2.05) is 0 Å². The van der Waals surface area contributed by atoms with Gasteiger partial charge in [0.2, 0.25) is 5.91 Å². The monoisotopic (exact) mass is 220 g/mol. The number of rotatable bonds is 1. The maximum atomic E-state index is 11.7. The van der Waals surface area contributed by atoms with Gasteiger partial charge in [-0.3, -0.25) is 9.59 Å². The Morgan fingerprint density at radius 1 is 1.50 bits per heavy atom. The van der Waals surface area contributed by atoms with Gasteiger partial charge in [0.25, 0.3) is 0 Å². The van der Waals surface area contributed by atoms with E-state index in [9.17, 15) is 14.7 Å². The first-order valence-electron chi connectivity index (χ1n) is 5.00. The number of amides is 1. The molecule has 1 atom stereocenters. The molecule has 0 saturated carbocycles. The Morgan fingerprint density at radius 2 is 2.25 bits per heavy atom. The summed E-state index contributed by atoms with van der Waals surface area (Å²) in [6, 6.07) is 4.06. The fourth-order valence-electron chi connectivity index (χ4n) is 1.79. The largest absolute Gasteiger partial charge is 0.506 e. The summed E-state index contributed by atoms with van der Waals surface area (Å²) in [4.78, 5) is 22.8. The van der Waals surface area contributed by atoms with Crippen LogP contribution in [0.15, 0.2) is 18.2 Å². The highest BCUT2D eigenvalue weighted by Crippen LogP contribution is 2.31. The number of aromatic hydroxyl groups is 1. The first-order chi connectivity index (χ1) is 7.59. The first-order valence-corrected chi connectivity index (χ1v) is 5.00. The van der Waals surface area contributed by atoms with Crippen LogP contribution in [0.2, 0.25) is 0 Å². The number of nitrogens with two attached hydrogens (primary N) is 1. The van der Waals surface area contributed by atoms with Gasteiger partial charge in [-0.15, -0.1) is 0 Å². The van der Waals surface area contributed by atoms with E-state index in [1.54, 1.807) is 12.1 Å². The van der Waals surface area contributed by atoms with E-state index in [0.717, 1.165) is 0 Å². The second-order valence-corrected chi connectivity index (χ2v) is 3.76. The van der Waals surface area contributed by atoms with E-state index in [1.165, 1.54) is 6.07 Å². The van der Waals surface area contributed by atoms with E-state index in [2.05, 4.69) is 5.32 Å². The van der Waals surface area contributed by atoms with Crippen LogP contribution in [0.3, 0.4) is 0 Å². The highest BCUT2D eigenvalue weighted by molar-refractivity contribution is 6.04. The summed E-state index contributed by atoms with van der Waals surface area (Å²) in [6.45, 7) is 0. The number of carbonyl (C=O) groups is 2. The molecule has 1 amide bonds. The first kappa shape index (κ1) is 10.5. The van der Waals surface area contributed by atoms with Crippen LogP contribution in [0.5, 0.6) is 5.75 Å². The minimum absolute atomic E-state index is 0.0426. The molecule has 84 valence electrons. The Bertz CT molecular complexity index is 457. The van der Waals surface area contributed by atoms with Crippen molar-refractivity contribution >= 4 is 17.4 Å². The summed E-state index contributed by atoms with van der Waals surface area (Å²) in [5.41, 5.74) is 5.90. The van der Waals surface area contributed by atoms with Gasteiger partial charge in [-0.1, -0.05) is 6.07 Å². The van der Waals surface area contributed by atoms with Gasteiger partial charge in [-0.2, -0.15) is 0 Å². The van der Waals surface area contributed by atoms with Gasteiger partial charge in [-0.05, 0) is 18.6 Å². The Labute approximate surface area is 92.3 Å². The predicted octanol–water partition coefficient (Wildman–Crippen LogP) is 0.634. The van der Waals surface area contributed by atoms with Crippen LogP contribution < -0.4 is 11.1 Å². The van der Waals surface area contributed by atoms with Gasteiger partial charge in [0.05, 0.1) is 5.69 Å². The number of primary amides is 1. The molecule has 0 saturated heterocycles. The third kappa shape index (κ3) is 1.71. The van der Waals surface area contributed by atoms with Crippen molar-refractivity contribution < 1.29 is 14.7 Å². The zero-order valence-corrected chi connectivity index (χ0v) is 8.56. The number of carbonyl (C=O) groups excluding carboxylic acids is 2. The maximum absolute atomic E-state index is 11.7. The fourth-order valence-corrected chi connectivity index (χ4v) is 1.79. The van der Waals surface area contributed by atoms with Gasteiger partial charge in [-0.25, -0.2) is 0 Å². The molecule has 0 spiro atoms. The zero-order chi connectivity index (χ0) is 11.7. The topological polar surface area (TPSA) is 92.4 Å². The van der Waals surface area contributed by atoms with Gasteiger partial charge >= 0.3 is 0 Å². The average Bonchev–Trinajstić information content (AvgIpc) is 2.40. The molecule has 1 aliphatic rings. The summed E-state index contributed by atoms with van der Waals surface area (Å²) >= 11 is 0. The van der Waals surface area contributed by atoms with Crippen LogP contribution in [-0.2, 0) is 4.79 Å². The molecule has 0 aliphatic carbocycles. The van der Waals surface area contributed by atoms with Gasteiger partial charge < -0.3 is 16.2 Å². The van der Waals surface area contributed by atoms with Gasteiger partial charge in [0.15, 0.2) is 5.78 Å². The van der Waals surface area contributed by atoms with E-state index in [0.29, 0.717) is 17.7 Å². The fraction of sp³-hybridized carbons (Fsp3) is 0.273. The number of hydrogen-bond donors (Lipinski definition) is 3. The van der Waals surface area contributed by atoms with Crippen molar-refractivity contribution in [2.24, 2.45) is 5.73 Å². The zero-order valence-electron chi connectivity index (χ0n) is 8.56. The minimum atomic E-state index is -0.613. The lowest BCUT2D eigenvalue weighted by Crippen LogP contribution is -2.34. The molecule has 1 aromatic rings. The minimum Gasteiger partial charge on any atom is -0.506 e. The van der Waals surface area contributed by atoms with Crippen LogP contribution >= 0.6 is 0 Å². The summed E-state index contributed by atoms with van der Waals surface area (Å²) in [6.07, 6.45) is 0.597. The number of Topliss-reactive ketones (excluding diaryl/α,β-unsaturated/α-hetero) is 1. The molecule has 5 heteroatoms. The lowest BCUT2D eigenvalue weighted by atomic mass is 10.1. The van der Waals surface area contributed by atoms with E-state index >= 15 is 0 Å². The third-order valence-electron chi connectivity index (χ3n) is 2.66. The quantitative estimate of drug-likeness (QED) is 0.605. The van der Waals surface area contributed by atoms with Crippen molar-refractivity contribution in [1.82, 2.24) is 0 Å². The highest BCUT2D eigenvalue weighted by Gasteiger charge is 2.25. The number of hydrogen-bond acceptors (Lipinski definition) is 4. The Morgan fingerprint density at radius 3 is 2.94 bits per heavy atom. The Kier molecular flexibility index (Phi) is 2.52. The second kappa shape index (κ2) is 3.84. The molecule has 4 N–H and O–H groups in total. The van der Waals surface area contributed by atoms with Crippen LogP contribution in [-0.4, -0.2) is 22.8 Å². The molecule has 0 aromatic heterocycles. The van der Waals surface area contributed by atoms with Crippen LogP contribution in [0, 0.1) is 0 Å². The molecule has 2 rings (SSSR count). The summed E-state index contributed by atoms with van der Waals surface area (Å²) in [7, 11) is 0. The van der Waals surface area contributed by atoms with E-state index in [4.69, 9.17) is 5.73 Å². The molecule has 0 bridgehead atoms. The van der Waals surface area contributed by atoms with Crippen molar-refractivity contribution in [3.8, 4) is 5.75 Å². The van der Waals surface area contributed by atoms with E-state index in [-0.39, 0.29) is 18.0 Å². The number of ketones is 1. The molecule has 1 aromatic carbocycles. The van der Waals surface area contributed by atoms with Crippen molar-refractivity contribution in [1.29, 1.82) is 0 Å². The summed E-state index contributed by atoms with van der Waals surface area (Å²) in [5.74, 6) is -0.662. The molecule has 5 nitrogen and oxygen atoms in total. The molecule has 1 aliphatic heterocycles. The average molecular weight is 220 g/mol. The number of phenolic OH excluding ortho intramolecular Hbond substituents is 1. The summed E-state index contributed by atoms with van der Waals surface area (Å²) < 4.78 is 0. The predicted molar refractivity (Wildman–Crippen MR) is 58.3 cm³/mol. The van der Waals surface area contributed by atoms with Crippen LogP contribution in [0.1, 0.15) is 23.2 Å². The van der Waals surface area contributed by atoms with Crippen molar-refractivity contribution in [2.45, 2.75) is 18.9 Å². The molecule has 16 heavy (non-hydrogen) atoms. The number of nitrogens with one attached hydrogen (secondary N) is 1. The lowest BCUT2D eigenvalue weighted by molar-refractivity contribution is -0.118. The lowest BCUT2D eigenvalue weighted by Gasteiger charge is -2.14. The van der Waals surface area contributed by atoms with Crippen molar-refractivity contribution in [2.75, 3.05) is 5.32 Å². The Hall–Kier alpha value is -2.04. The van der Waals surface area contributed by atoms with Crippen LogP contribution in [0.25, 0.3) is 0 Å². The van der Waals surface area contributed by atoms with Crippen LogP contribution in [0.4, 0.5) is 5.69 Å². The maximum Gasteiger partial charge on any atom is 0.239 e. The SMILES string of the molecule is NC(=O)C1CCC(=O)c2cccc(O)c2N1. The number of fused-ring (bicyclic) bond motifs is 1. The number of para-hydroxylation sites is 1. The van der Waals surface area contributed by atoms with Crippen molar-refractivity contribution in [3.63, 3.8) is 0 Å². The highest BCUT2D eigenvalue weighted by atomic mass is 16.3. The smallest absolute Gasteiger partial charge is 0.239 e. The van der Waals surface area contributed by atoms with Crippen molar-refractivity contribution in [3.05, 3.63) is 23.8 Å². The third-order valence-corrected chi connectivity index (χ3v) is 2.66. The Balaban J connectivity index is 2.46. The molecular weight excluding hydrogens is 208 g/mol. The number of benzene rings is 1. The second-order valence-electron chi connectivity index (χ2n) is 3.76. The van der Waals surface area contributed by atoms with Gasteiger partial charge in [0, 0.05) is 12.0 Å². The van der Waals surface area contributed by atoms with Gasteiger partial charge in [0.1, 0.15) is 11.8 Å². The molecular formula is C11H12N2O3. The summed E-state index contributed by atoms with van der Waals surface area (Å²) in [5, 5.41) is 12.4. The number of anilines is 1. The molecule has 0 fully saturated rings. The standard InChI is InChI=1S/C11H12N2O3/c12-11(16)7-4-5-8(14)6-2-1-3-9(15)10(6)13-7/h1-3,7,13,15H,4-5H2,(H2,12,16).